The minimum Gasteiger partial charge on any atom is -0.454 e. The zero-order chi connectivity index (χ0) is 17.5. The highest BCUT2D eigenvalue weighted by Gasteiger charge is 2.61. The van der Waals surface area contributed by atoms with E-state index in [0.717, 1.165) is 20.8 Å². The summed E-state index contributed by atoms with van der Waals surface area (Å²) in [6.07, 6.45) is 0. The van der Waals surface area contributed by atoms with Crippen LogP contribution < -0.4 is 0 Å². The van der Waals surface area contributed by atoms with Crippen molar-refractivity contribution in [1.82, 2.24) is 0 Å². The molecule has 0 radical (unpaired) electrons. The number of carbonyl (C=O) groups is 3. The van der Waals surface area contributed by atoms with Gasteiger partial charge in [0, 0.05) is 27.4 Å². The lowest BCUT2D eigenvalue weighted by Gasteiger charge is -2.32. The van der Waals surface area contributed by atoms with E-state index < -0.39 is 32.4 Å². The maximum absolute atomic E-state index is 11.5. The minimum atomic E-state index is -4.15. The van der Waals surface area contributed by atoms with Crippen molar-refractivity contribution < 1.29 is 32.4 Å². The van der Waals surface area contributed by atoms with E-state index in [1.54, 1.807) is 37.3 Å². The highest BCUT2D eigenvalue weighted by molar-refractivity contribution is 6.66. The van der Waals surface area contributed by atoms with E-state index in [1.807, 2.05) is 0 Å². The van der Waals surface area contributed by atoms with Gasteiger partial charge in [0.15, 0.2) is 5.73 Å². The molecule has 0 spiro atoms. The molecule has 7 nitrogen and oxygen atoms in total. The molecule has 1 atom stereocenters. The fourth-order valence-corrected chi connectivity index (χ4v) is 4.64. The first-order chi connectivity index (χ1) is 10.8. The number of rotatable bonds is 7. The Morgan fingerprint density at radius 1 is 0.913 bits per heavy atom. The fraction of sp³-hybridized carbons (Fsp3) is 0.400. The van der Waals surface area contributed by atoms with Crippen molar-refractivity contribution >= 4 is 26.7 Å². The number of benzene rings is 1. The Balaban J connectivity index is 3.42. The van der Waals surface area contributed by atoms with Crippen molar-refractivity contribution in [1.29, 1.82) is 0 Å². The molecule has 1 rings (SSSR count). The maximum Gasteiger partial charge on any atom is 0.740 e. The second-order valence-electron chi connectivity index (χ2n) is 4.63. The predicted octanol–water partition coefficient (Wildman–Crippen LogP) is 1.93. The summed E-state index contributed by atoms with van der Waals surface area (Å²) in [6.45, 7) is 5.39. The minimum absolute atomic E-state index is 0.234. The Labute approximate surface area is 135 Å². The molecule has 0 heterocycles. The van der Waals surface area contributed by atoms with E-state index in [4.69, 9.17) is 18.0 Å². The number of hydrogen-bond acceptors (Lipinski definition) is 7. The van der Waals surface area contributed by atoms with Crippen LogP contribution in [0.4, 0.5) is 0 Å². The molecule has 0 amide bonds. The molecule has 0 saturated heterocycles. The monoisotopic (exact) mass is 340 g/mol. The molecule has 0 aliphatic carbocycles. The molecular weight excluding hydrogens is 320 g/mol. The summed E-state index contributed by atoms with van der Waals surface area (Å²) < 4.78 is 21.3. The highest BCUT2D eigenvalue weighted by atomic mass is 28.4. The third-order valence-corrected chi connectivity index (χ3v) is 5.47. The number of ether oxygens (including phenoxy) is 1. The molecule has 126 valence electrons. The summed E-state index contributed by atoms with van der Waals surface area (Å²) in [5, 5.41) is 0. The number of hydrogen-bond donors (Lipinski definition) is 0. The molecule has 0 aromatic heterocycles. The molecule has 1 aromatic carbocycles. The van der Waals surface area contributed by atoms with Crippen LogP contribution in [-0.2, 0) is 32.4 Å². The van der Waals surface area contributed by atoms with Gasteiger partial charge < -0.3 is 18.0 Å². The molecular formula is C15H20O7Si. The normalized spacial score (nSPS) is 12.2. The standard InChI is InChI=1S/C15H20O7Si/c1-5-19-15(14-9-7-6-8-10-14)23(20-11(2)16,21-12(3)17)22-13(4)18/h6-10,15H,5H2,1-4H3. The summed E-state index contributed by atoms with van der Waals surface area (Å²) in [7, 11) is -4.15. The van der Waals surface area contributed by atoms with Crippen LogP contribution in [0.5, 0.6) is 0 Å². The van der Waals surface area contributed by atoms with Crippen LogP contribution in [0.25, 0.3) is 0 Å². The average Bonchev–Trinajstić information content (AvgIpc) is 2.43. The van der Waals surface area contributed by atoms with Gasteiger partial charge in [-0.25, -0.2) is 0 Å². The molecule has 1 aromatic rings. The lowest BCUT2D eigenvalue weighted by Crippen LogP contribution is -2.55. The first kappa shape index (κ1) is 18.9. The lowest BCUT2D eigenvalue weighted by molar-refractivity contribution is -0.151. The van der Waals surface area contributed by atoms with Crippen LogP contribution in [0.3, 0.4) is 0 Å². The first-order valence-corrected chi connectivity index (χ1v) is 8.86. The van der Waals surface area contributed by atoms with E-state index >= 15 is 0 Å². The van der Waals surface area contributed by atoms with Crippen LogP contribution >= 0.6 is 0 Å². The summed E-state index contributed by atoms with van der Waals surface area (Å²) >= 11 is 0. The Kier molecular flexibility index (Phi) is 6.92. The summed E-state index contributed by atoms with van der Waals surface area (Å²) in [5.74, 6) is -2.21. The van der Waals surface area contributed by atoms with Gasteiger partial charge in [0.1, 0.15) is 0 Å². The quantitative estimate of drug-likeness (QED) is 0.701. The van der Waals surface area contributed by atoms with Gasteiger partial charge in [-0.3, -0.25) is 14.4 Å². The molecule has 0 aliphatic heterocycles. The maximum atomic E-state index is 11.5. The average molecular weight is 340 g/mol. The van der Waals surface area contributed by atoms with Crippen molar-refractivity contribution in [2.24, 2.45) is 0 Å². The van der Waals surface area contributed by atoms with Crippen LogP contribution in [0, 0.1) is 0 Å². The van der Waals surface area contributed by atoms with E-state index in [9.17, 15) is 14.4 Å². The third-order valence-electron chi connectivity index (χ3n) is 2.61. The Hall–Kier alpha value is -2.19. The predicted molar refractivity (Wildman–Crippen MR) is 81.9 cm³/mol. The van der Waals surface area contributed by atoms with Crippen LogP contribution in [-0.4, -0.2) is 33.3 Å². The van der Waals surface area contributed by atoms with E-state index in [2.05, 4.69) is 0 Å². The summed E-state index contributed by atoms with van der Waals surface area (Å²) in [6, 6.07) is 8.70. The Bertz CT molecular complexity index is 517. The van der Waals surface area contributed by atoms with Gasteiger partial charge in [-0.05, 0) is 12.5 Å². The molecule has 8 heteroatoms. The molecule has 0 aliphatic rings. The molecule has 0 N–H and O–H groups in total. The Morgan fingerprint density at radius 3 is 1.70 bits per heavy atom. The van der Waals surface area contributed by atoms with Crippen molar-refractivity contribution in [2.75, 3.05) is 6.61 Å². The van der Waals surface area contributed by atoms with Crippen molar-refractivity contribution in [3.63, 3.8) is 0 Å². The van der Waals surface area contributed by atoms with Crippen molar-refractivity contribution in [3.8, 4) is 0 Å². The first-order valence-electron chi connectivity index (χ1n) is 7.06. The van der Waals surface area contributed by atoms with Gasteiger partial charge in [0.25, 0.3) is 17.9 Å². The number of carbonyl (C=O) groups excluding carboxylic acids is 3. The van der Waals surface area contributed by atoms with E-state index in [0.29, 0.717) is 5.56 Å². The molecule has 23 heavy (non-hydrogen) atoms. The molecule has 0 bridgehead atoms. The SMILES string of the molecule is CCOC(c1ccccc1)[Si](OC(C)=O)(OC(C)=O)OC(C)=O. The second-order valence-corrected chi connectivity index (χ2v) is 6.97. The molecule has 1 unspecified atom stereocenters. The van der Waals surface area contributed by atoms with Crippen LogP contribution in [0.15, 0.2) is 30.3 Å². The Morgan fingerprint density at radius 2 is 1.35 bits per heavy atom. The summed E-state index contributed by atoms with van der Waals surface area (Å²) in [5.41, 5.74) is -0.421. The molecule has 0 saturated carbocycles. The zero-order valence-electron chi connectivity index (χ0n) is 13.5. The van der Waals surface area contributed by atoms with Gasteiger partial charge >= 0.3 is 8.80 Å². The topological polar surface area (TPSA) is 88.1 Å². The zero-order valence-corrected chi connectivity index (χ0v) is 14.5. The van der Waals surface area contributed by atoms with Gasteiger partial charge in [-0.1, -0.05) is 30.3 Å². The molecule has 0 fully saturated rings. The van der Waals surface area contributed by atoms with Gasteiger partial charge in [0.05, 0.1) is 0 Å². The third kappa shape index (κ3) is 5.50. The van der Waals surface area contributed by atoms with Crippen molar-refractivity contribution in [2.45, 2.75) is 33.4 Å². The van der Waals surface area contributed by atoms with E-state index in [1.165, 1.54) is 0 Å². The van der Waals surface area contributed by atoms with Gasteiger partial charge in [0.2, 0.25) is 0 Å². The van der Waals surface area contributed by atoms with Crippen molar-refractivity contribution in [3.05, 3.63) is 35.9 Å². The van der Waals surface area contributed by atoms with E-state index in [-0.39, 0.29) is 6.61 Å². The second kappa shape index (κ2) is 8.44. The van der Waals surface area contributed by atoms with Gasteiger partial charge in [-0.15, -0.1) is 0 Å². The smallest absolute Gasteiger partial charge is 0.454 e. The van der Waals surface area contributed by atoms with Crippen LogP contribution in [0.2, 0.25) is 0 Å². The van der Waals surface area contributed by atoms with Crippen LogP contribution in [0.1, 0.15) is 39.0 Å². The highest BCUT2D eigenvalue weighted by Crippen LogP contribution is 2.32. The fourth-order valence-electron chi connectivity index (χ4n) is 2.02. The lowest BCUT2D eigenvalue weighted by atomic mass is 10.2. The van der Waals surface area contributed by atoms with Gasteiger partial charge in [-0.2, -0.15) is 0 Å². The largest absolute Gasteiger partial charge is 0.740 e. The summed E-state index contributed by atoms with van der Waals surface area (Å²) in [4.78, 5) is 34.6.